The van der Waals surface area contributed by atoms with E-state index >= 15 is 0 Å². The van der Waals surface area contributed by atoms with E-state index in [4.69, 9.17) is 5.73 Å². The van der Waals surface area contributed by atoms with Gasteiger partial charge in [-0.15, -0.1) is 0 Å². The number of hydrogen-bond acceptors (Lipinski definition) is 4. The fourth-order valence-corrected chi connectivity index (χ4v) is 2.57. The summed E-state index contributed by atoms with van der Waals surface area (Å²) in [6, 6.07) is 0. The fourth-order valence-electron chi connectivity index (χ4n) is 2.57. The Morgan fingerprint density at radius 1 is 1.29 bits per heavy atom. The molecule has 2 rings (SSSR count). The molecule has 1 saturated carbocycles. The lowest BCUT2D eigenvalue weighted by Crippen LogP contribution is -2.15. The molecule has 0 saturated heterocycles. The minimum absolute atomic E-state index is 0.583. The Balaban J connectivity index is 1.99. The van der Waals surface area contributed by atoms with Crippen molar-refractivity contribution in [3.05, 3.63) is 11.4 Å². The maximum atomic E-state index is 5.84. The molecule has 1 aromatic rings. The lowest BCUT2D eigenvalue weighted by molar-refractivity contribution is 0.536. The molecule has 1 heterocycles. The topological polar surface area (TPSA) is 63.8 Å². The van der Waals surface area contributed by atoms with E-state index in [9.17, 15) is 0 Å². The summed E-state index contributed by atoms with van der Waals surface area (Å²) >= 11 is 0. The molecule has 94 valence electrons. The van der Waals surface area contributed by atoms with Crippen molar-refractivity contribution in [1.29, 1.82) is 0 Å². The number of nitrogens with one attached hydrogen (secondary N) is 1. The maximum absolute atomic E-state index is 5.84. The molecule has 0 aromatic carbocycles. The summed E-state index contributed by atoms with van der Waals surface area (Å²) in [6.07, 6.45) is 4.01. The second-order valence-electron chi connectivity index (χ2n) is 5.29. The van der Waals surface area contributed by atoms with E-state index in [0.717, 1.165) is 35.6 Å². The SMILES string of the molecule is Cc1nc(N)c(C)c(NCC2CCC(C)C2)n1. The van der Waals surface area contributed by atoms with Crippen LogP contribution in [0.25, 0.3) is 0 Å². The van der Waals surface area contributed by atoms with Gasteiger partial charge in [0.1, 0.15) is 17.5 Å². The number of aryl methyl sites for hydroxylation is 1. The van der Waals surface area contributed by atoms with Gasteiger partial charge in [0.25, 0.3) is 0 Å². The van der Waals surface area contributed by atoms with Crippen LogP contribution in [-0.4, -0.2) is 16.5 Å². The fraction of sp³-hybridized carbons (Fsp3) is 0.692. The summed E-state index contributed by atoms with van der Waals surface area (Å²) in [7, 11) is 0. The quantitative estimate of drug-likeness (QED) is 0.843. The van der Waals surface area contributed by atoms with Gasteiger partial charge in [-0.2, -0.15) is 0 Å². The molecule has 1 aliphatic rings. The summed E-state index contributed by atoms with van der Waals surface area (Å²) in [6.45, 7) is 7.17. The highest BCUT2D eigenvalue weighted by Gasteiger charge is 2.21. The molecule has 1 fully saturated rings. The third-order valence-electron chi connectivity index (χ3n) is 3.66. The zero-order chi connectivity index (χ0) is 12.4. The van der Waals surface area contributed by atoms with Crippen LogP contribution in [0.3, 0.4) is 0 Å². The van der Waals surface area contributed by atoms with E-state index in [1.165, 1.54) is 19.3 Å². The van der Waals surface area contributed by atoms with Crippen LogP contribution in [0.5, 0.6) is 0 Å². The molecule has 2 unspecified atom stereocenters. The van der Waals surface area contributed by atoms with E-state index in [2.05, 4.69) is 22.2 Å². The van der Waals surface area contributed by atoms with Crippen molar-refractivity contribution in [3.63, 3.8) is 0 Å². The van der Waals surface area contributed by atoms with Crippen LogP contribution >= 0.6 is 0 Å². The molecular weight excluding hydrogens is 212 g/mol. The Morgan fingerprint density at radius 3 is 2.71 bits per heavy atom. The van der Waals surface area contributed by atoms with Crippen LogP contribution < -0.4 is 11.1 Å². The number of nitrogen functional groups attached to an aromatic ring is 1. The smallest absolute Gasteiger partial charge is 0.134 e. The Morgan fingerprint density at radius 2 is 2.06 bits per heavy atom. The summed E-state index contributed by atoms with van der Waals surface area (Å²) in [4.78, 5) is 8.56. The van der Waals surface area contributed by atoms with E-state index in [1.54, 1.807) is 0 Å². The molecule has 4 nitrogen and oxygen atoms in total. The third-order valence-corrected chi connectivity index (χ3v) is 3.66. The van der Waals surface area contributed by atoms with E-state index < -0.39 is 0 Å². The van der Waals surface area contributed by atoms with E-state index in [0.29, 0.717) is 5.82 Å². The summed E-state index contributed by atoms with van der Waals surface area (Å²) in [5.41, 5.74) is 6.80. The number of anilines is 2. The molecule has 3 N–H and O–H groups in total. The minimum atomic E-state index is 0.583. The molecule has 1 aliphatic carbocycles. The molecule has 4 heteroatoms. The zero-order valence-electron chi connectivity index (χ0n) is 11.0. The Kier molecular flexibility index (Phi) is 3.50. The van der Waals surface area contributed by atoms with Crippen LogP contribution in [0, 0.1) is 25.7 Å². The van der Waals surface area contributed by atoms with Gasteiger partial charge in [0, 0.05) is 12.1 Å². The van der Waals surface area contributed by atoms with Gasteiger partial charge < -0.3 is 11.1 Å². The lowest BCUT2D eigenvalue weighted by Gasteiger charge is -2.14. The van der Waals surface area contributed by atoms with Crippen molar-refractivity contribution >= 4 is 11.6 Å². The van der Waals surface area contributed by atoms with Gasteiger partial charge in [-0.3, -0.25) is 0 Å². The largest absolute Gasteiger partial charge is 0.383 e. The number of hydrogen-bond donors (Lipinski definition) is 2. The van der Waals surface area contributed by atoms with Crippen LogP contribution in [0.1, 0.15) is 37.6 Å². The molecule has 0 aliphatic heterocycles. The zero-order valence-corrected chi connectivity index (χ0v) is 11.0. The average Bonchev–Trinajstić information content (AvgIpc) is 2.67. The second-order valence-corrected chi connectivity index (χ2v) is 5.29. The standard InChI is InChI=1S/C13H22N4/c1-8-4-5-11(6-8)7-15-13-9(2)12(14)16-10(3)17-13/h8,11H,4-7H2,1-3H3,(H3,14,15,16,17). The summed E-state index contributed by atoms with van der Waals surface area (Å²) < 4.78 is 0. The Bertz CT molecular complexity index is 403. The lowest BCUT2D eigenvalue weighted by atomic mass is 10.1. The van der Waals surface area contributed by atoms with E-state index in [1.807, 2.05) is 13.8 Å². The van der Waals surface area contributed by atoms with Crippen molar-refractivity contribution in [3.8, 4) is 0 Å². The first-order chi connectivity index (χ1) is 8.06. The molecule has 0 spiro atoms. The van der Waals surface area contributed by atoms with Gasteiger partial charge >= 0.3 is 0 Å². The second kappa shape index (κ2) is 4.90. The average molecular weight is 234 g/mol. The van der Waals surface area contributed by atoms with Crippen molar-refractivity contribution in [2.75, 3.05) is 17.6 Å². The van der Waals surface area contributed by atoms with Gasteiger partial charge in [0.2, 0.25) is 0 Å². The predicted octanol–water partition coefficient (Wildman–Crippen LogP) is 2.52. The van der Waals surface area contributed by atoms with Gasteiger partial charge in [0.05, 0.1) is 0 Å². The number of nitrogens with zero attached hydrogens (tertiary/aromatic N) is 2. The van der Waals surface area contributed by atoms with Crippen molar-refractivity contribution in [2.24, 2.45) is 11.8 Å². The van der Waals surface area contributed by atoms with Gasteiger partial charge in [-0.1, -0.05) is 13.3 Å². The normalized spacial score (nSPS) is 23.9. The first-order valence-corrected chi connectivity index (χ1v) is 6.41. The first-order valence-electron chi connectivity index (χ1n) is 6.41. The summed E-state index contributed by atoms with van der Waals surface area (Å²) in [5.74, 6) is 3.87. The number of nitrogens with two attached hydrogens (primary N) is 1. The van der Waals surface area contributed by atoms with Crippen LogP contribution in [0.15, 0.2) is 0 Å². The highest BCUT2D eigenvalue weighted by molar-refractivity contribution is 5.54. The van der Waals surface area contributed by atoms with E-state index in [-0.39, 0.29) is 0 Å². The summed E-state index contributed by atoms with van der Waals surface area (Å²) in [5, 5.41) is 3.43. The van der Waals surface area contributed by atoms with Crippen LogP contribution in [-0.2, 0) is 0 Å². The Hall–Kier alpha value is -1.32. The Labute approximate surface area is 103 Å². The highest BCUT2D eigenvalue weighted by atomic mass is 15.1. The minimum Gasteiger partial charge on any atom is -0.383 e. The predicted molar refractivity (Wildman–Crippen MR) is 70.9 cm³/mol. The molecule has 0 bridgehead atoms. The van der Waals surface area contributed by atoms with Gasteiger partial charge in [0.15, 0.2) is 0 Å². The molecule has 0 radical (unpaired) electrons. The first kappa shape index (κ1) is 12.1. The highest BCUT2D eigenvalue weighted by Crippen LogP contribution is 2.30. The maximum Gasteiger partial charge on any atom is 0.134 e. The number of rotatable bonds is 3. The molecule has 2 atom stereocenters. The molecule has 17 heavy (non-hydrogen) atoms. The van der Waals surface area contributed by atoms with Crippen LogP contribution in [0.4, 0.5) is 11.6 Å². The molecular formula is C13H22N4. The molecule has 1 aromatic heterocycles. The van der Waals surface area contributed by atoms with Gasteiger partial charge in [-0.05, 0) is 38.5 Å². The van der Waals surface area contributed by atoms with Crippen molar-refractivity contribution in [2.45, 2.75) is 40.0 Å². The molecule has 0 amide bonds. The number of aromatic nitrogens is 2. The van der Waals surface area contributed by atoms with Crippen LogP contribution in [0.2, 0.25) is 0 Å². The monoisotopic (exact) mass is 234 g/mol. The van der Waals surface area contributed by atoms with Crippen molar-refractivity contribution < 1.29 is 0 Å². The third kappa shape index (κ3) is 2.87. The van der Waals surface area contributed by atoms with Crippen molar-refractivity contribution in [1.82, 2.24) is 9.97 Å². The van der Waals surface area contributed by atoms with Gasteiger partial charge in [-0.25, -0.2) is 9.97 Å².